The quantitative estimate of drug-likeness (QED) is 0.829. The van der Waals surface area contributed by atoms with Crippen LogP contribution in [-0.4, -0.2) is 26.3 Å². The van der Waals surface area contributed by atoms with Crippen LogP contribution >= 0.6 is 0 Å². The molecule has 0 aliphatic heterocycles. The van der Waals surface area contributed by atoms with Crippen LogP contribution in [0.5, 0.6) is 6.01 Å². The van der Waals surface area contributed by atoms with Gasteiger partial charge in [-0.3, -0.25) is 0 Å². The minimum absolute atomic E-state index is 0.104. The van der Waals surface area contributed by atoms with Gasteiger partial charge in [0.25, 0.3) is 0 Å². The van der Waals surface area contributed by atoms with E-state index in [2.05, 4.69) is 15.0 Å². The first-order chi connectivity index (χ1) is 8.74. The molecule has 1 N–H and O–H groups in total. The van der Waals surface area contributed by atoms with Gasteiger partial charge in [-0.05, 0) is 18.6 Å². The van der Waals surface area contributed by atoms with Gasteiger partial charge in [-0.1, -0.05) is 36.4 Å². The fourth-order valence-electron chi connectivity index (χ4n) is 1.32. The summed E-state index contributed by atoms with van der Waals surface area (Å²) >= 11 is 0. The van der Waals surface area contributed by atoms with Gasteiger partial charge in [0.2, 0.25) is 0 Å². The van der Waals surface area contributed by atoms with Crippen LogP contribution in [0, 0.1) is 0 Å². The third-order valence-corrected chi connectivity index (χ3v) is 2.07. The van der Waals surface area contributed by atoms with Gasteiger partial charge in [0.15, 0.2) is 12.1 Å². The van der Waals surface area contributed by atoms with Crippen LogP contribution in [0.25, 0.3) is 12.2 Å². The standard InChI is InChI=1S/C13H13N3O2/c1-10(17)18-13-15-9-14-12(16-13)8-7-11-5-3-2-4-6-11/h2-10,17H,1H3. The van der Waals surface area contributed by atoms with Crippen molar-refractivity contribution in [3.05, 3.63) is 48.0 Å². The maximum absolute atomic E-state index is 9.06. The van der Waals surface area contributed by atoms with E-state index in [9.17, 15) is 0 Å². The van der Waals surface area contributed by atoms with Crippen LogP contribution < -0.4 is 4.74 Å². The van der Waals surface area contributed by atoms with E-state index in [1.807, 2.05) is 36.4 Å². The van der Waals surface area contributed by atoms with Gasteiger partial charge < -0.3 is 9.84 Å². The smallest absolute Gasteiger partial charge is 0.322 e. The van der Waals surface area contributed by atoms with Crippen LogP contribution in [-0.2, 0) is 0 Å². The summed E-state index contributed by atoms with van der Waals surface area (Å²) in [5, 5.41) is 9.06. The molecule has 0 amide bonds. The molecule has 1 aromatic heterocycles. The van der Waals surface area contributed by atoms with Crippen molar-refractivity contribution in [3.8, 4) is 6.01 Å². The normalized spacial score (nSPS) is 12.6. The molecule has 1 atom stereocenters. The predicted octanol–water partition coefficient (Wildman–Crippen LogP) is 1.76. The summed E-state index contributed by atoms with van der Waals surface area (Å²) in [6.07, 6.45) is 4.04. The molecular formula is C13H13N3O2. The first-order valence-electron chi connectivity index (χ1n) is 5.51. The molecule has 0 spiro atoms. The molecule has 0 saturated heterocycles. The lowest BCUT2D eigenvalue weighted by atomic mass is 10.2. The van der Waals surface area contributed by atoms with Gasteiger partial charge in [-0.2, -0.15) is 9.97 Å². The first kappa shape index (κ1) is 12.2. The molecule has 5 heteroatoms. The summed E-state index contributed by atoms with van der Waals surface area (Å²) in [5.74, 6) is 0.476. The molecule has 0 aliphatic carbocycles. The summed E-state index contributed by atoms with van der Waals surface area (Å²) in [7, 11) is 0. The van der Waals surface area contributed by atoms with E-state index in [1.54, 1.807) is 6.08 Å². The maximum atomic E-state index is 9.06. The zero-order chi connectivity index (χ0) is 12.8. The number of hydrogen-bond donors (Lipinski definition) is 1. The Hall–Kier alpha value is -2.27. The number of benzene rings is 1. The van der Waals surface area contributed by atoms with Crippen LogP contribution in [0.3, 0.4) is 0 Å². The summed E-state index contributed by atoms with van der Waals surface area (Å²) < 4.78 is 4.97. The predicted molar refractivity (Wildman–Crippen MR) is 67.5 cm³/mol. The van der Waals surface area contributed by atoms with Crippen molar-refractivity contribution < 1.29 is 9.84 Å². The lowest BCUT2D eigenvalue weighted by molar-refractivity contribution is -0.00756. The van der Waals surface area contributed by atoms with Gasteiger partial charge in [-0.15, -0.1) is 0 Å². The van der Waals surface area contributed by atoms with E-state index in [4.69, 9.17) is 9.84 Å². The monoisotopic (exact) mass is 243 g/mol. The molecule has 1 heterocycles. The van der Waals surface area contributed by atoms with Crippen molar-refractivity contribution >= 4 is 12.2 Å². The highest BCUT2D eigenvalue weighted by atomic mass is 16.6. The van der Waals surface area contributed by atoms with Crippen LogP contribution in [0.15, 0.2) is 36.7 Å². The van der Waals surface area contributed by atoms with E-state index < -0.39 is 6.29 Å². The van der Waals surface area contributed by atoms with Crippen LogP contribution in [0.1, 0.15) is 18.3 Å². The summed E-state index contributed by atoms with van der Waals surface area (Å²) in [5.41, 5.74) is 1.05. The van der Waals surface area contributed by atoms with Crippen LogP contribution in [0.2, 0.25) is 0 Å². The maximum Gasteiger partial charge on any atom is 0.322 e. The van der Waals surface area contributed by atoms with E-state index in [0.29, 0.717) is 5.82 Å². The zero-order valence-electron chi connectivity index (χ0n) is 9.89. The van der Waals surface area contributed by atoms with Crippen molar-refractivity contribution in [2.75, 3.05) is 0 Å². The van der Waals surface area contributed by atoms with Crippen molar-refractivity contribution in [2.45, 2.75) is 13.2 Å². The molecule has 5 nitrogen and oxygen atoms in total. The summed E-state index contributed by atoms with van der Waals surface area (Å²) in [4.78, 5) is 11.8. The summed E-state index contributed by atoms with van der Waals surface area (Å²) in [6, 6.07) is 9.92. The average Bonchev–Trinajstić information content (AvgIpc) is 2.37. The molecule has 1 unspecified atom stereocenters. The zero-order valence-corrected chi connectivity index (χ0v) is 9.89. The minimum atomic E-state index is -0.946. The molecule has 92 valence electrons. The number of aromatic nitrogens is 3. The number of nitrogens with zero attached hydrogens (tertiary/aromatic N) is 3. The fraction of sp³-hybridized carbons (Fsp3) is 0.154. The molecule has 18 heavy (non-hydrogen) atoms. The van der Waals surface area contributed by atoms with E-state index in [-0.39, 0.29) is 6.01 Å². The third kappa shape index (κ3) is 3.64. The Bertz CT molecular complexity index is 527. The number of ether oxygens (including phenoxy) is 1. The molecule has 0 aliphatic rings. The highest BCUT2D eigenvalue weighted by Crippen LogP contribution is 2.07. The second-order valence-corrected chi connectivity index (χ2v) is 3.59. The molecule has 2 rings (SSSR count). The Balaban J connectivity index is 2.12. The number of rotatable bonds is 4. The Morgan fingerprint density at radius 1 is 1.17 bits per heavy atom. The lowest BCUT2D eigenvalue weighted by Gasteiger charge is -2.05. The van der Waals surface area contributed by atoms with E-state index in [1.165, 1.54) is 13.3 Å². The average molecular weight is 243 g/mol. The van der Waals surface area contributed by atoms with Crippen molar-refractivity contribution in [3.63, 3.8) is 0 Å². The minimum Gasteiger partial charge on any atom is -0.434 e. The fourth-order valence-corrected chi connectivity index (χ4v) is 1.32. The molecule has 0 radical (unpaired) electrons. The third-order valence-electron chi connectivity index (χ3n) is 2.07. The molecular weight excluding hydrogens is 230 g/mol. The van der Waals surface area contributed by atoms with E-state index >= 15 is 0 Å². The highest BCUT2D eigenvalue weighted by Gasteiger charge is 2.02. The number of hydrogen-bond acceptors (Lipinski definition) is 5. The topological polar surface area (TPSA) is 68.1 Å². The number of aliphatic hydroxyl groups is 1. The second kappa shape index (κ2) is 5.88. The summed E-state index contributed by atoms with van der Waals surface area (Å²) in [6.45, 7) is 1.49. The molecule has 1 aromatic carbocycles. The molecule has 2 aromatic rings. The van der Waals surface area contributed by atoms with Gasteiger partial charge in [-0.25, -0.2) is 4.98 Å². The number of aliphatic hydroxyl groups excluding tert-OH is 1. The van der Waals surface area contributed by atoms with Crippen molar-refractivity contribution in [1.82, 2.24) is 15.0 Å². The SMILES string of the molecule is CC(O)Oc1ncnc(C=Cc2ccccc2)n1. The molecule has 0 bridgehead atoms. The van der Waals surface area contributed by atoms with Gasteiger partial charge in [0.1, 0.15) is 6.33 Å². The molecule has 0 fully saturated rings. The molecule has 0 saturated carbocycles. The van der Waals surface area contributed by atoms with Crippen LogP contribution in [0.4, 0.5) is 0 Å². The lowest BCUT2D eigenvalue weighted by Crippen LogP contribution is -2.12. The Labute approximate surface area is 105 Å². The highest BCUT2D eigenvalue weighted by molar-refractivity contribution is 5.66. The second-order valence-electron chi connectivity index (χ2n) is 3.59. The Morgan fingerprint density at radius 3 is 2.67 bits per heavy atom. The Kier molecular flexibility index (Phi) is 3.98. The first-order valence-corrected chi connectivity index (χ1v) is 5.51. The van der Waals surface area contributed by atoms with Crippen molar-refractivity contribution in [1.29, 1.82) is 0 Å². The van der Waals surface area contributed by atoms with E-state index in [0.717, 1.165) is 5.56 Å². The van der Waals surface area contributed by atoms with Crippen molar-refractivity contribution in [2.24, 2.45) is 0 Å². The van der Waals surface area contributed by atoms with Gasteiger partial charge in [0.05, 0.1) is 0 Å². The largest absolute Gasteiger partial charge is 0.434 e. The van der Waals surface area contributed by atoms with Gasteiger partial charge in [0, 0.05) is 0 Å². The van der Waals surface area contributed by atoms with Gasteiger partial charge >= 0.3 is 6.01 Å². The Morgan fingerprint density at radius 2 is 1.94 bits per heavy atom.